The van der Waals surface area contributed by atoms with Gasteiger partial charge in [-0.15, -0.1) is 0 Å². The third kappa shape index (κ3) is 7.54. The molecule has 1 heterocycles. The molecule has 0 aliphatic carbocycles. The summed E-state index contributed by atoms with van der Waals surface area (Å²) >= 11 is 5.98. The maximum atomic E-state index is 12.5. The van der Waals surface area contributed by atoms with Gasteiger partial charge in [0.1, 0.15) is 6.54 Å². The lowest BCUT2D eigenvalue weighted by Gasteiger charge is -2.40. The highest BCUT2D eigenvalue weighted by atomic mass is 35.5. The van der Waals surface area contributed by atoms with Crippen molar-refractivity contribution < 1.29 is 18.8 Å². The lowest BCUT2D eigenvalue weighted by molar-refractivity contribution is -0.948. The van der Waals surface area contributed by atoms with Gasteiger partial charge in [-0.05, 0) is 54.0 Å². The third-order valence-electron chi connectivity index (χ3n) is 6.72. The van der Waals surface area contributed by atoms with Crippen molar-refractivity contribution in [3.8, 4) is 11.1 Å². The van der Waals surface area contributed by atoms with Gasteiger partial charge in [-0.1, -0.05) is 61.8 Å². The van der Waals surface area contributed by atoms with E-state index in [-0.39, 0.29) is 17.8 Å². The number of likely N-dealkylation sites (tertiary alicyclic amines) is 1. The molecule has 1 atom stereocenters. The van der Waals surface area contributed by atoms with Gasteiger partial charge in [0.15, 0.2) is 0 Å². The molecule has 1 aliphatic heterocycles. The summed E-state index contributed by atoms with van der Waals surface area (Å²) in [5, 5.41) is 0.742. The molecule has 1 unspecified atom stereocenters. The molecular formula is C27H38ClN2O3+. The number of nitrogens with zero attached hydrogens (tertiary/aromatic N) is 1. The van der Waals surface area contributed by atoms with E-state index >= 15 is 0 Å². The number of piperidine rings is 1. The highest BCUT2D eigenvalue weighted by molar-refractivity contribution is 6.30. The van der Waals surface area contributed by atoms with Gasteiger partial charge in [0.2, 0.25) is 6.73 Å². The Balaban J connectivity index is 1.49. The van der Waals surface area contributed by atoms with Crippen LogP contribution in [0.3, 0.4) is 0 Å². The first-order chi connectivity index (χ1) is 15.9. The van der Waals surface area contributed by atoms with Crippen molar-refractivity contribution >= 4 is 17.6 Å². The molecule has 1 saturated heterocycles. The SMILES string of the molecule is CC(C)C(CN)C(=O)OC[N+]1(CCOCc2ccc(-c3ccc(Cl)cc3)cc2)CCCCC1. The quantitative estimate of drug-likeness (QED) is 0.275. The van der Waals surface area contributed by atoms with Crippen LogP contribution in [0.2, 0.25) is 5.02 Å². The van der Waals surface area contributed by atoms with Crippen LogP contribution in [0.5, 0.6) is 0 Å². The number of halogens is 1. The van der Waals surface area contributed by atoms with Gasteiger partial charge >= 0.3 is 5.97 Å². The van der Waals surface area contributed by atoms with Crippen molar-refractivity contribution in [1.82, 2.24) is 0 Å². The van der Waals surface area contributed by atoms with Crippen LogP contribution in [0.15, 0.2) is 48.5 Å². The highest BCUT2D eigenvalue weighted by Crippen LogP contribution is 2.23. The van der Waals surface area contributed by atoms with E-state index in [9.17, 15) is 4.79 Å². The van der Waals surface area contributed by atoms with Gasteiger partial charge in [0.25, 0.3) is 0 Å². The zero-order valence-corrected chi connectivity index (χ0v) is 20.7. The molecule has 0 amide bonds. The van der Waals surface area contributed by atoms with Crippen molar-refractivity contribution in [2.75, 3.05) is 39.5 Å². The molecule has 1 fully saturated rings. The van der Waals surface area contributed by atoms with Gasteiger partial charge in [-0.25, -0.2) is 0 Å². The van der Waals surface area contributed by atoms with E-state index in [1.54, 1.807) is 0 Å². The van der Waals surface area contributed by atoms with Gasteiger partial charge in [-0.2, -0.15) is 0 Å². The summed E-state index contributed by atoms with van der Waals surface area (Å²) < 4.78 is 12.6. The second-order valence-corrected chi connectivity index (χ2v) is 9.94. The number of rotatable bonds is 11. The fourth-order valence-corrected chi connectivity index (χ4v) is 4.56. The molecule has 2 aromatic carbocycles. The number of hydrogen-bond acceptors (Lipinski definition) is 4. The number of quaternary nitrogens is 1. The van der Waals surface area contributed by atoms with Crippen LogP contribution in [0.1, 0.15) is 38.7 Å². The zero-order chi connectivity index (χ0) is 23.7. The van der Waals surface area contributed by atoms with Gasteiger partial charge < -0.3 is 15.2 Å². The zero-order valence-electron chi connectivity index (χ0n) is 20.0. The summed E-state index contributed by atoms with van der Waals surface area (Å²) in [6.07, 6.45) is 3.56. The van der Waals surface area contributed by atoms with Crippen LogP contribution < -0.4 is 5.73 Å². The van der Waals surface area contributed by atoms with Crippen LogP contribution >= 0.6 is 11.6 Å². The molecule has 0 spiro atoms. The molecule has 6 heteroatoms. The lowest BCUT2D eigenvalue weighted by atomic mass is 9.96. The number of carbonyl (C=O) groups excluding carboxylic acids is 1. The van der Waals surface area contributed by atoms with Gasteiger partial charge in [0.05, 0.1) is 32.2 Å². The molecule has 3 rings (SSSR count). The Hall–Kier alpha value is -1.92. The molecule has 0 radical (unpaired) electrons. The minimum atomic E-state index is -0.234. The van der Waals surface area contributed by atoms with Crippen molar-refractivity contribution in [2.24, 2.45) is 17.6 Å². The topological polar surface area (TPSA) is 61.6 Å². The molecule has 0 aromatic heterocycles. The first-order valence-electron chi connectivity index (χ1n) is 12.1. The number of carbonyl (C=O) groups is 1. The summed E-state index contributed by atoms with van der Waals surface area (Å²) in [5.74, 6) is -0.217. The monoisotopic (exact) mass is 473 g/mol. The lowest BCUT2D eigenvalue weighted by Crippen LogP contribution is -2.55. The first kappa shape index (κ1) is 25.7. The molecule has 1 aliphatic rings. The standard InChI is InChI=1S/C27H38ClN2O3/c1-21(2)26(18-29)27(31)33-20-30(14-4-3-5-15-30)16-17-32-19-22-6-8-23(9-7-22)24-10-12-25(28)13-11-24/h6-13,21,26H,3-5,14-20,29H2,1-2H3/q+1. The van der Waals surface area contributed by atoms with E-state index in [2.05, 4.69) is 24.3 Å². The first-order valence-corrected chi connectivity index (χ1v) is 12.4. The normalized spacial score (nSPS) is 16.5. The van der Waals surface area contributed by atoms with Crippen molar-refractivity contribution in [3.63, 3.8) is 0 Å². The van der Waals surface area contributed by atoms with Crippen LogP contribution in [-0.4, -0.2) is 50.0 Å². The Kier molecular flexibility index (Phi) is 9.75. The Morgan fingerprint density at radius 1 is 1.00 bits per heavy atom. The highest BCUT2D eigenvalue weighted by Gasteiger charge is 2.32. The van der Waals surface area contributed by atoms with Crippen molar-refractivity contribution in [3.05, 3.63) is 59.1 Å². The minimum Gasteiger partial charge on any atom is -0.415 e. The molecule has 180 valence electrons. The number of nitrogens with two attached hydrogens (primary N) is 1. The van der Waals surface area contributed by atoms with Crippen LogP contribution in [0, 0.1) is 11.8 Å². The van der Waals surface area contributed by atoms with Crippen molar-refractivity contribution in [2.45, 2.75) is 39.7 Å². The number of esters is 1. The smallest absolute Gasteiger partial charge is 0.314 e. The Morgan fingerprint density at radius 3 is 2.18 bits per heavy atom. The summed E-state index contributed by atoms with van der Waals surface area (Å²) in [4.78, 5) is 12.5. The third-order valence-corrected chi connectivity index (χ3v) is 6.97. The van der Waals surface area contributed by atoms with Crippen LogP contribution in [0.25, 0.3) is 11.1 Å². The summed E-state index contributed by atoms with van der Waals surface area (Å²) in [6.45, 7) is 8.90. The van der Waals surface area contributed by atoms with E-state index < -0.39 is 0 Å². The van der Waals surface area contributed by atoms with E-state index in [1.807, 2.05) is 38.1 Å². The Labute approximate surface area is 203 Å². The Morgan fingerprint density at radius 2 is 1.61 bits per heavy atom. The molecule has 33 heavy (non-hydrogen) atoms. The number of benzene rings is 2. The van der Waals surface area contributed by atoms with Gasteiger partial charge in [0, 0.05) is 11.6 Å². The minimum absolute atomic E-state index is 0.169. The van der Waals surface area contributed by atoms with E-state index in [0.29, 0.717) is 26.5 Å². The van der Waals surface area contributed by atoms with E-state index in [1.165, 1.54) is 6.42 Å². The van der Waals surface area contributed by atoms with Crippen LogP contribution in [-0.2, 0) is 20.9 Å². The average Bonchev–Trinajstić information content (AvgIpc) is 2.82. The van der Waals surface area contributed by atoms with Gasteiger partial charge in [-0.3, -0.25) is 9.28 Å². The van der Waals surface area contributed by atoms with Crippen LogP contribution in [0.4, 0.5) is 0 Å². The summed E-state index contributed by atoms with van der Waals surface area (Å²) in [7, 11) is 0. The fourth-order valence-electron chi connectivity index (χ4n) is 4.43. The molecule has 2 aromatic rings. The molecule has 2 N–H and O–H groups in total. The molecule has 5 nitrogen and oxygen atoms in total. The second-order valence-electron chi connectivity index (χ2n) is 9.51. The average molecular weight is 474 g/mol. The summed E-state index contributed by atoms with van der Waals surface area (Å²) in [6, 6.07) is 16.3. The molecule has 0 bridgehead atoms. The van der Waals surface area contributed by atoms with E-state index in [0.717, 1.165) is 58.7 Å². The molecular weight excluding hydrogens is 436 g/mol. The maximum Gasteiger partial charge on any atom is 0.314 e. The predicted octanol–water partition coefficient (Wildman–Crippen LogP) is 5.26. The second kappa shape index (κ2) is 12.5. The molecule has 0 saturated carbocycles. The largest absolute Gasteiger partial charge is 0.415 e. The maximum absolute atomic E-state index is 12.5. The number of ether oxygens (including phenoxy) is 2. The van der Waals surface area contributed by atoms with Crippen molar-refractivity contribution in [1.29, 1.82) is 0 Å². The summed E-state index contributed by atoms with van der Waals surface area (Å²) in [5.41, 5.74) is 9.24. The fraction of sp³-hybridized carbons (Fsp3) is 0.519. The number of hydrogen-bond donors (Lipinski definition) is 1. The van der Waals surface area contributed by atoms with E-state index in [4.69, 9.17) is 26.8 Å². The Bertz CT molecular complexity index is 862. The predicted molar refractivity (Wildman–Crippen MR) is 134 cm³/mol.